The van der Waals surface area contributed by atoms with Crippen LogP contribution in [0.2, 0.25) is 0 Å². The monoisotopic (exact) mass is 1820 g/mol. The average molecular weight is 1830 g/mol. The molecule has 3 aromatic heterocycles. The van der Waals surface area contributed by atoms with Crippen LogP contribution in [0, 0.1) is 0 Å². The van der Waals surface area contributed by atoms with Crippen LogP contribution < -0.4 is 71.1 Å². The Labute approximate surface area is 803 Å². The highest BCUT2D eigenvalue weighted by molar-refractivity contribution is 5.65. The molecule has 0 saturated carbocycles. The molecule has 0 fully saturated rings. The highest BCUT2D eigenvalue weighted by Gasteiger charge is 2.19. The van der Waals surface area contributed by atoms with Crippen LogP contribution in [0.1, 0.15) is 83.5 Å². The van der Waals surface area contributed by atoms with Gasteiger partial charge >= 0.3 is 0 Å². The maximum Gasteiger partial charge on any atom is 0.124 e. The molecule has 0 bridgehead atoms. The molecule has 0 aliphatic carbocycles. The largest absolute Gasteiger partial charge is 0.489 e. The lowest BCUT2D eigenvalue weighted by atomic mass is 10.1. The molecular formula is C120H101N3O15. The summed E-state index contributed by atoms with van der Waals surface area (Å²) in [7, 11) is 0. The van der Waals surface area contributed by atoms with Gasteiger partial charge in [-0.05, 0) is 193 Å². The average Bonchev–Trinajstić information content (AvgIpc) is 0.803. The number of nitrogens with zero attached hydrogens (tertiary/aromatic N) is 3. The molecule has 0 aliphatic heterocycles. The topological polar surface area (TPSA) is 177 Å². The zero-order chi connectivity index (χ0) is 93.2. The van der Waals surface area contributed by atoms with Gasteiger partial charge in [0.1, 0.15) is 185 Å². The van der Waals surface area contributed by atoms with Crippen LogP contribution in [0.15, 0.2) is 431 Å². The van der Waals surface area contributed by atoms with Gasteiger partial charge < -0.3 is 71.1 Å². The Morgan fingerprint density at radius 3 is 0.384 bits per heavy atom. The Morgan fingerprint density at radius 1 is 0.116 bits per heavy atom. The Balaban J connectivity index is 0.674. The van der Waals surface area contributed by atoms with Crippen LogP contribution in [0.25, 0.3) is 22.8 Å². The quantitative estimate of drug-likeness (QED) is 0.0351. The minimum absolute atomic E-state index is 0.0363. The van der Waals surface area contributed by atoms with E-state index in [2.05, 4.69) is 9.97 Å². The van der Waals surface area contributed by atoms with E-state index >= 15 is 0 Å². The maximum atomic E-state index is 7.04. The van der Waals surface area contributed by atoms with Crippen molar-refractivity contribution in [1.82, 2.24) is 15.0 Å². The molecule has 0 aliphatic rings. The minimum Gasteiger partial charge on any atom is -0.489 e. The molecule has 18 heteroatoms. The Bertz CT molecular complexity index is 5920. The lowest BCUT2D eigenvalue weighted by Crippen LogP contribution is -2.05. The molecule has 3 heterocycles. The first-order valence-electron chi connectivity index (χ1n) is 45.7. The van der Waals surface area contributed by atoms with Crippen molar-refractivity contribution in [2.45, 2.75) is 99.1 Å². The van der Waals surface area contributed by atoms with E-state index in [0.29, 0.717) is 167 Å². The highest BCUT2D eigenvalue weighted by atomic mass is 16.5. The van der Waals surface area contributed by atoms with Crippen molar-refractivity contribution in [2.24, 2.45) is 0 Å². The lowest BCUT2D eigenvalue weighted by molar-refractivity contribution is 0.269. The third kappa shape index (κ3) is 28.2. The second-order valence-corrected chi connectivity index (χ2v) is 32.9. The van der Waals surface area contributed by atoms with E-state index in [1.54, 1.807) is 12.4 Å². The summed E-state index contributed by atoms with van der Waals surface area (Å²) in [6.07, 6.45) is 3.48. The number of hydrogen-bond acceptors (Lipinski definition) is 18. The zero-order valence-electron chi connectivity index (χ0n) is 76.1. The van der Waals surface area contributed by atoms with Gasteiger partial charge in [-0.15, -0.1) is 0 Å². The second-order valence-electron chi connectivity index (χ2n) is 32.9. The minimum atomic E-state index is 0.0363. The van der Waals surface area contributed by atoms with Crippen LogP contribution in [0.4, 0.5) is 0 Å². The molecule has 0 unspecified atom stereocenters. The van der Waals surface area contributed by atoms with Gasteiger partial charge in [0.05, 0.1) is 22.8 Å². The maximum absolute atomic E-state index is 7.04. The van der Waals surface area contributed by atoms with Gasteiger partial charge in [0, 0.05) is 67.0 Å². The van der Waals surface area contributed by atoms with Crippen LogP contribution in [0.3, 0.4) is 0 Å². The van der Waals surface area contributed by atoms with Crippen molar-refractivity contribution in [2.75, 3.05) is 0 Å². The summed E-state index contributed by atoms with van der Waals surface area (Å²) in [5.74, 6) is 8.46. The van der Waals surface area contributed by atoms with Gasteiger partial charge in [0.15, 0.2) is 0 Å². The van der Waals surface area contributed by atoms with Crippen LogP contribution in [0.5, 0.6) is 86.2 Å². The Morgan fingerprint density at radius 2 is 0.246 bits per heavy atom. The molecule has 18 nitrogen and oxygen atoms in total. The van der Waals surface area contributed by atoms with Crippen molar-refractivity contribution < 1.29 is 71.1 Å². The van der Waals surface area contributed by atoms with Gasteiger partial charge in [0.25, 0.3) is 0 Å². The molecule has 15 aromatic carbocycles. The fourth-order valence-corrected chi connectivity index (χ4v) is 15.1. The number of pyridine rings is 3. The summed E-state index contributed by atoms with van der Waals surface area (Å²) in [5, 5.41) is 0. The molecule has 0 radical (unpaired) electrons. The first-order valence-corrected chi connectivity index (χ1v) is 45.7. The fraction of sp³-hybridized carbons (Fsp3) is 0.125. The molecule has 0 N–H and O–H groups in total. The lowest BCUT2D eigenvalue weighted by Gasteiger charge is -2.17. The van der Waals surface area contributed by atoms with E-state index in [0.717, 1.165) is 77.9 Å². The second kappa shape index (κ2) is 47.4. The number of rotatable bonds is 47. The third-order valence-corrected chi connectivity index (χ3v) is 22.1. The first kappa shape index (κ1) is 91.3. The standard InChI is InChI=1S/C120H101N3O15/c1-9-29-87(30-10-1)72-124-102-49-95(50-103(63-102)125-73-88-31-11-2-12-32-88)80-132-110-57-99(58-111(67-110)133-81-96-51-104(126-74-89-33-13-3-14-34-89)64-105(52-96)127-75-90-35-15-4-16-36-90)84-136-114-61-101(86-138-116-70-119(117-45-25-27-47-121-117)123-120(71-116)118-46-26-28-48-122-118)62-115(69-114)137-85-100-59-112(134-82-97-53-106(128-76-91-37-17-5-18-38-91)65-107(54-97)129-77-92-39-19-6-20-40-92)68-113(60-100)135-83-98-55-108(130-78-93-41-21-7-22-42-93)66-109(56-98)131-79-94-43-23-8-24-44-94/h1-71H,72-86H2. The van der Waals surface area contributed by atoms with Gasteiger partial charge in [-0.25, -0.2) is 4.98 Å². The highest BCUT2D eigenvalue weighted by Crippen LogP contribution is 2.37. The summed E-state index contributed by atoms with van der Waals surface area (Å²) >= 11 is 0. The summed E-state index contributed by atoms with van der Waals surface area (Å²) in [6.45, 7) is 3.43. The van der Waals surface area contributed by atoms with E-state index in [9.17, 15) is 0 Å². The van der Waals surface area contributed by atoms with Crippen LogP contribution >= 0.6 is 0 Å². The van der Waals surface area contributed by atoms with Crippen LogP contribution in [-0.2, 0) is 99.1 Å². The van der Waals surface area contributed by atoms with E-state index in [-0.39, 0.29) is 46.2 Å². The van der Waals surface area contributed by atoms with E-state index in [1.165, 1.54) is 0 Å². The molecule has 0 atom stereocenters. The molecule has 0 spiro atoms. The normalized spacial score (nSPS) is 10.9. The number of aromatic nitrogens is 3. The number of hydrogen-bond donors (Lipinski definition) is 0. The smallest absolute Gasteiger partial charge is 0.124 e. The molecule has 0 saturated heterocycles. The number of benzene rings is 15. The fourth-order valence-electron chi connectivity index (χ4n) is 15.1. The van der Waals surface area contributed by atoms with Crippen molar-refractivity contribution in [3.63, 3.8) is 0 Å². The van der Waals surface area contributed by atoms with E-state index < -0.39 is 0 Å². The molecule has 0 amide bonds. The molecule has 138 heavy (non-hydrogen) atoms. The summed E-state index contributed by atoms with van der Waals surface area (Å²) < 4.78 is 100. The van der Waals surface area contributed by atoms with Gasteiger partial charge in [-0.2, -0.15) is 0 Å². The molecular weight excluding hydrogens is 1720 g/mol. The SMILES string of the molecule is c1ccc(COc2cc(COc3cc(COc4cc(COc5cc(-c6ccccn6)nc(-c6ccccn6)c5)cc(OCc5cc(OCc6cc(OCc7ccccc7)cc(OCc7ccccc7)c6)cc(OCc6cc(OCc7ccccc7)cc(OCc7ccccc7)c6)c5)c4)cc(OCc4cc(OCc5ccccc5)cc(OCc5ccccc5)c4)c3)cc(OCc3ccccc3)c2)cc1. The number of ether oxygens (including phenoxy) is 15. The summed E-state index contributed by atoms with van der Waals surface area (Å²) in [5.41, 5.74) is 16.1. The zero-order valence-corrected chi connectivity index (χ0v) is 76.1. The van der Waals surface area contributed by atoms with E-state index in [1.807, 2.05) is 419 Å². The van der Waals surface area contributed by atoms with Crippen molar-refractivity contribution >= 4 is 0 Å². The molecule has 18 aromatic rings. The van der Waals surface area contributed by atoms with Crippen molar-refractivity contribution in [3.05, 3.63) is 514 Å². The van der Waals surface area contributed by atoms with Crippen molar-refractivity contribution in [3.8, 4) is 109 Å². The molecule has 686 valence electrons. The van der Waals surface area contributed by atoms with Crippen molar-refractivity contribution in [1.29, 1.82) is 0 Å². The summed E-state index contributed by atoms with van der Waals surface area (Å²) in [4.78, 5) is 14.4. The summed E-state index contributed by atoms with van der Waals surface area (Å²) in [6, 6.07) is 136. The predicted octanol–water partition coefficient (Wildman–Crippen LogP) is 26.9. The van der Waals surface area contributed by atoms with Gasteiger partial charge in [0.2, 0.25) is 0 Å². The Kier molecular flexibility index (Phi) is 31.3. The predicted molar refractivity (Wildman–Crippen MR) is 532 cm³/mol. The van der Waals surface area contributed by atoms with E-state index in [4.69, 9.17) is 76.0 Å². The third-order valence-electron chi connectivity index (χ3n) is 22.1. The Hall–Kier alpha value is -17.3. The first-order chi connectivity index (χ1) is 68.2. The van der Waals surface area contributed by atoms with Gasteiger partial charge in [-0.3, -0.25) is 9.97 Å². The molecule has 18 rings (SSSR count). The van der Waals surface area contributed by atoms with Gasteiger partial charge in [-0.1, -0.05) is 255 Å². The van der Waals surface area contributed by atoms with Crippen LogP contribution in [-0.4, -0.2) is 15.0 Å².